The first-order valence-electron chi connectivity index (χ1n) is 7.20. The Labute approximate surface area is 138 Å². The van der Waals surface area contributed by atoms with Gasteiger partial charge in [-0.3, -0.25) is 0 Å². The first-order valence-corrected chi connectivity index (χ1v) is 7.20. The maximum atomic E-state index is 15.1. The summed E-state index contributed by atoms with van der Waals surface area (Å²) in [5, 5.41) is 0. The highest BCUT2D eigenvalue weighted by molar-refractivity contribution is 5.49. The van der Waals surface area contributed by atoms with Crippen molar-refractivity contribution in [2.45, 2.75) is 43.7 Å². The monoisotopic (exact) mass is 370 g/mol. The fraction of sp³-hybridized carbons (Fsp3) is 0.412. The Morgan fingerprint density at radius 2 is 1.24 bits per heavy atom. The summed E-state index contributed by atoms with van der Waals surface area (Å²) in [6, 6.07) is 3.60. The summed E-state index contributed by atoms with van der Waals surface area (Å²) in [5.41, 5.74) is -9.94. The van der Waals surface area contributed by atoms with Crippen LogP contribution in [0.4, 0.5) is 35.1 Å². The van der Waals surface area contributed by atoms with Crippen LogP contribution < -0.4 is 0 Å². The van der Waals surface area contributed by atoms with E-state index >= 15 is 4.39 Å². The number of allylic oxidation sites excluding steroid dienone is 4. The maximum absolute atomic E-state index is 15.1. The van der Waals surface area contributed by atoms with Crippen LogP contribution in [0.5, 0.6) is 0 Å². The highest BCUT2D eigenvalue weighted by Crippen LogP contribution is 2.60. The lowest BCUT2D eigenvalue weighted by Crippen LogP contribution is -2.65. The van der Waals surface area contributed by atoms with E-state index in [9.17, 15) is 30.7 Å². The van der Waals surface area contributed by atoms with Crippen molar-refractivity contribution in [3.8, 4) is 0 Å². The molecule has 0 bridgehead atoms. The minimum atomic E-state index is -6.32. The molecule has 1 aromatic carbocycles. The number of alkyl halides is 7. The van der Waals surface area contributed by atoms with Crippen LogP contribution in [-0.4, -0.2) is 18.0 Å². The number of benzene rings is 1. The molecule has 0 spiro atoms. The van der Waals surface area contributed by atoms with Gasteiger partial charge in [0.05, 0.1) is 5.41 Å². The zero-order valence-corrected chi connectivity index (χ0v) is 13.2. The van der Waals surface area contributed by atoms with E-state index < -0.39 is 34.8 Å². The van der Waals surface area contributed by atoms with Gasteiger partial charge in [0, 0.05) is 5.56 Å². The summed E-state index contributed by atoms with van der Waals surface area (Å²) in [7, 11) is 0. The van der Waals surface area contributed by atoms with Crippen LogP contribution >= 0.6 is 0 Å². The number of hydrogen-bond donors (Lipinski definition) is 0. The summed E-state index contributed by atoms with van der Waals surface area (Å²) in [6.45, 7) is 2.55. The van der Waals surface area contributed by atoms with Gasteiger partial charge in [-0.1, -0.05) is 41.5 Å². The van der Waals surface area contributed by atoms with Gasteiger partial charge >= 0.3 is 18.0 Å². The third-order valence-corrected chi connectivity index (χ3v) is 4.18. The molecule has 0 unspecified atom stereocenters. The molecule has 8 heteroatoms. The molecule has 0 atom stereocenters. The van der Waals surface area contributed by atoms with Gasteiger partial charge in [-0.25, -0.2) is 8.78 Å². The lowest BCUT2D eigenvalue weighted by atomic mass is 9.63. The summed E-state index contributed by atoms with van der Waals surface area (Å²) in [5.74, 6) is -1.35. The van der Waals surface area contributed by atoms with Crippen LogP contribution in [0.2, 0.25) is 0 Å². The Kier molecular flexibility index (Phi) is 4.55. The van der Waals surface area contributed by atoms with Crippen molar-refractivity contribution in [2.24, 2.45) is 0 Å². The molecule has 0 saturated heterocycles. The van der Waals surface area contributed by atoms with Crippen molar-refractivity contribution < 1.29 is 35.1 Å². The SMILES string of the molecule is CC1=CC(c2ccccc2F)(C(F)(C(F)(F)F)C(F)(F)F)C=C(C)C1. The molecular formula is C17H14F8. The second kappa shape index (κ2) is 5.85. The van der Waals surface area contributed by atoms with Crippen LogP contribution in [-0.2, 0) is 5.41 Å². The first-order chi connectivity index (χ1) is 11.3. The molecule has 1 aromatic rings. The molecule has 0 amide bonds. The van der Waals surface area contributed by atoms with Gasteiger partial charge in [0.15, 0.2) is 0 Å². The van der Waals surface area contributed by atoms with Crippen molar-refractivity contribution in [2.75, 3.05) is 0 Å². The van der Waals surface area contributed by atoms with Crippen molar-refractivity contribution in [1.29, 1.82) is 0 Å². The van der Waals surface area contributed by atoms with Gasteiger partial charge in [0.25, 0.3) is 0 Å². The molecule has 0 N–H and O–H groups in total. The molecule has 2 rings (SSSR count). The van der Waals surface area contributed by atoms with E-state index in [4.69, 9.17) is 0 Å². The Morgan fingerprint density at radius 3 is 1.64 bits per heavy atom. The van der Waals surface area contributed by atoms with Gasteiger partial charge < -0.3 is 0 Å². The van der Waals surface area contributed by atoms with E-state index in [0.717, 1.165) is 18.2 Å². The largest absolute Gasteiger partial charge is 0.433 e. The highest BCUT2D eigenvalue weighted by Gasteiger charge is 2.81. The predicted molar refractivity (Wildman–Crippen MR) is 76.2 cm³/mol. The molecule has 0 nitrogen and oxygen atoms in total. The van der Waals surface area contributed by atoms with Crippen molar-refractivity contribution in [3.63, 3.8) is 0 Å². The van der Waals surface area contributed by atoms with E-state index in [1.54, 1.807) is 0 Å². The lowest BCUT2D eigenvalue weighted by molar-refractivity contribution is -0.354. The average molecular weight is 370 g/mol. The molecule has 0 fully saturated rings. The number of halogens is 8. The van der Waals surface area contributed by atoms with Crippen molar-refractivity contribution >= 4 is 0 Å². The van der Waals surface area contributed by atoms with Gasteiger partial charge in [-0.05, 0) is 26.3 Å². The smallest absolute Gasteiger partial charge is 0.222 e. The number of hydrogen-bond acceptors (Lipinski definition) is 0. The third-order valence-electron chi connectivity index (χ3n) is 4.18. The summed E-state index contributed by atoms with van der Waals surface area (Å²) >= 11 is 0. The second-order valence-electron chi connectivity index (χ2n) is 6.16. The molecule has 1 aliphatic carbocycles. The fourth-order valence-corrected chi connectivity index (χ4v) is 3.33. The van der Waals surface area contributed by atoms with Crippen molar-refractivity contribution in [3.05, 3.63) is 58.9 Å². The zero-order valence-electron chi connectivity index (χ0n) is 13.2. The fourth-order valence-electron chi connectivity index (χ4n) is 3.33. The van der Waals surface area contributed by atoms with Gasteiger partial charge in [0.1, 0.15) is 5.82 Å². The molecule has 0 heterocycles. The molecule has 0 aliphatic heterocycles. The Morgan fingerprint density at radius 1 is 0.800 bits per heavy atom. The second-order valence-corrected chi connectivity index (χ2v) is 6.16. The minimum absolute atomic E-state index is 0.0714. The molecule has 25 heavy (non-hydrogen) atoms. The Balaban J connectivity index is 3.00. The normalized spacial score (nSPS) is 18.6. The maximum Gasteiger partial charge on any atom is 0.433 e. The Bertz CT molecular complexity index is 689. The van der Waals surface area contributed by atoms with Crippen LogP contribution in [0.15, 0.2) is 47.6 Å². The van der Waals surface area contributed by atoms with Crippen LogP contribution in [0.1, 0.15) is 25.8 Å². The molecular weight excluding hydrogens is 356 g/mol. The van der Waals surface area contributed by atoms with Crippen LogP contribution in [0, 0.1) is 5.82 Å². The van der Waals surface area contributed by atoms with E-state index in [1.165, 1.54) is 13.8 Å². The summed E-state index contributed by atoms with van der Waals surface area (Å²) in [4.78, 5) is 0. The number of rotatable bonds is 2. The summed E-state index contributed by atoms with van der Waals surface area (Å²) in [6.07, 6.45) is -11.5. The topological polar surface area (TPSA) is 0 Å². The highest BCUT2D eigenvalue weighted by atomic mass is 19.4. The predicted octanol–water partition coefficient (Wildman–Crippen LogP) is 6.19. The quantitative estimate of drug-likeness (QED) is 0.430. The third kappa shape index (κ3) is 2.85. The van der Waals surface area contributed by atoms with Gasteiger partial charge in [0.2, 0.25) is 0 Å². The Hall–Kier alpha value is -1.86. The molecule has 1 aliphatic rings. The zero-order chi connectivity index (χ0) is 19.3. The van der Waals surface area contributed by atoms with Crippen LogP contribution in [0.25, 0.3) is 0 Å². The van der Waals surface area contributed by atoms with E-state index in [1.807, 2.05) is 0 Å². The minimum Gasteiger partial charge on any atom is -0.222 e. The van der Waals surface area contributed by atoms with Gasteiger partial charge in [-0.15, -0.1) is 0 Å². The standard InChI is InChI=1S/C17H14F8/c1-10-7-11(2)9-14(8-10,12-5-3-4-6-13(12)18)15(19,16(20,21)22)17(23,24)25/h3-6,8-9H,7H2,1-2H3. The van der Waals surface area contributed by atoms with Crippen molar-refractivity contribution in [1.82, 2.24) is 0 Å². The molecule has 0 aromatic heterocycles. The average Bonchev–Trinajstić information content (AvgIpc) is 2.43. The molecule has 0 saturated carbocycles. The molecule has 138 valence electrons. The van der Waals surface area contributed by atoms with E-state index in [0.29, 0.717) is 18.2 Å². The van der Waals surface area contributed by atoms with E-state index in [2.05, 4.69) is 0 Å². The lowest BCUT2D eigenvalue weighted by Gasteiger charge is -2.45. The van der Waals surface area contributed by atoms with Crippen LogP contribution in [0.3, 0.4) is 0 Å². The molecule has 0 radical (unpaired) electrons. The van der Waals surface area contributed by atoms with Gasteiger partial charge in [-0.2, -0.15) is 26.3 Å². The summed E-state index contributed by atoms with van der Waals surface area (Å²) < 4.78 is 110. The van der Waals surface area contributed by atoms with E-state index in [-0.39, 0.29) is 17.6 Å². The first kappa shape index (κ1) is 19.5.